The average molecular weight is 624 g/mol. The molecule has 0 radical (unpaired) electrons. The minimum atomic E-state index is -1.02. The molecule has 5 nitrogen and oxygen atoms in total. The van der Waals surface area contributed by atoms with Crippen LogP contribution >= 0.6 is 67.8 Å². The number of carbonyl (C=O) groups excluding carboxylic acids is 1. The van der Waals surface area contributed by atoms with Crippen LogP contribution in [0.5, 0.6) is 0 Å². The van der Waals surface area contributed by atoms with Crippen molar-refractivity contribution in [2.45, 2.75) is 0 Å². The zero-order chi connectivity index (χ0) is 16.0. The minimum Gasteiger partial charge on any atom is -0.480 e. The Labute approximate surface area is 163 Å². The number of nitrogens with zero attached hydrogens (tertiary/aromatic N) is 1. The number of terminal acetylenes is 1. The van der Waals surface area contributed by atoms with E-state index in [1.54, 1.807) is 0 Å². The van der Waals surface area contributed by atoms with Gasteiger partial charge >= 0.3 is 5.97 Å². The van der Waals surface area contributed by atoms with Crippen LogP contribution in [0.3, 0.4) is 0 Å². The Morgan fingerprint density at radius 2 is 1.81 bits per heavy atom. The molecular formula is C13H11I3N2O3. The number of amides is 1. The van der Waals surface area contributed by atoms with E-state index >= 15 is 0 Å². The average Bonchev–Trinajstić information content (AvgIpc) is 2.33. The van der Waals surface area contributed by atoms with E-state index < -0.39 is 5.97 Å². The fourth-order valence-electron chi connectivity index (χ4n) is 1.53. The van der Waals surface area contributed by atoms with Crippen LogP contribution in [0.4, 0.5) is 5.69 Å². The smallest absolute Gasteiger partial charge is 0.317 e. The standard InChI is InChI=1S/C13H11I3N2O3/c1-2-3-18(7-12(20)21)6-11(19)17-13-9(15)4-8(14)5-10(13)16/h1,4-5H,3,6-7H2,(H,17,19)(H,20,21). The van der Waals surface area contributed by atoms with E-state index in [-0.39, 0.29) is 25.5 Å². The summed E-state index contributed by atoms with van der Waals surface area (Å²) in [6.45, 7) is -0.215. The molecule has 0 atom stereocenters. The van der Waals surface area contributed by atoms with Crippen molar-refractivity contribution >= 4 is 85.3 Å². The second-order valence-corrected chi connectivity index (χ2v) is 7.61. The predicted octanol–water partition coefficient (Wildman–Crippen LogP) is 2.46. The first-order valence-corrected chi connectivity index (χ1v) is 8.89. The molecule has 0 saturated heterocycles. The van der Waals surface area contributed by atoms with Gasteiger partial charge in [-0.15, -0.1) is 6.42 Å². The Bertz CT molecular complexity index is 576. The Morgan fingerprint density at radius 3 is 2.29 bits per heavy atom. The molecule has 1 amide bonds. The zero-order valence-electron chi connectivity index (χ0n) is 10.7. The van der Waals surface area contributed by atoms with Crippen LogP contribution in [0.1, 0.15) is 0 Å². The number of benzene rings is 1. The third kappa shape index (κ3) is 6.66. The molecule has 0 aliphatic heterocycles. The summed E-state index contributed by atoms with van der Waals surface area (Å²) in [6, 6.07) is 3.91. The molecule has 0 saturated carbocycles. The molecule has 0 unspecified atom stereocenters. The van der Waals surface area contributed by atoms with E-state index in [1.165, 1.54) is 4.90 Å². The number of hydrogen-bond acceptors (Lipinski definition) is 3. The lowest BCUT2D eigenvalue weighted by molar-refractivity contribution is -0.138. The number of hydrogen-bond donors (Lipinski definition) is 2. The van der Waals surface area contributed by atoms with Gasteiger partial charge in [-0.1, -0.05) is 5.92 Å². The molecule has 8 heteroatoms. The van der Waals surface area contributed by atoms with Gasteiger partial charge < -0.3 is 10.4 Å². The van der Waals surface area contributed by atoms with E-state index in [4.69, 9.17) is 11.5 Å². The number of nitrogens with one attached hydrogen (secondary N) is 1. The van der Waals surface area contributed by atoms with Gasteiger partial charge in [-0.25, -0.2) is 0 Å². The monoisotopic (exact) mass is 624 g/mol. The highest BCUT2D eigenvalue weighted by atomic mass is 127. The van der Waals surface area contributed by atoms with Crippen LogP contribution in [0.15, 0.2) is 12.1 Å². The number of carboxylic acid groups (broad SMARTS) is 1. The Morgan fingerprint density at radius 1 is 1.24 bits per heavy atom. The summed E-state index contributed by atoms with van der Waals surface area (Å²) in [5.41, 5.74) is 0.734. The molecular weight excluding hydrogens is 613 g/mol. The third-order valence-electron chi connectivity index (χ3n) is 2.31. The number of halogens is 3. The van der Waals surface area contributed by atoms with Crippen molar-refractivity contribution in [2.75, 3.05) is 25.0 Å². The summed E-state index contributed by atoms with van der Waals surface area (Å²) in [5.74, 6) is 1.05. The number of aliphatic carboxylic acids is 1. The molecule has 0 spiro atoms. The molecule has 1 aromatic carbocycles. The molecule has 0 aliphatic rings. The fraction of sp³-hybridized carbons (Fsp3) is 0.231. The van der Waals surface area contributed by atoms with Crippen molar-refractivity contribution in [3.05, 3.63) is 22.8 Å². The van der Waals surface area contributed by atoms with Gasteiger partial charge in [0.2, 0.25) is 5.91 Å². The molecule has 0 aliphatic carbocycles. The molecule has 0 heterocycles. The lowest BCUT2D eigenvalue weighted by atomic mass is 10.3. The first-order chi connectivity index (χ1) is 9.83. The number of anilines is 1. The van der Waals surface area contributed by atoms with Gasteiger partial charge in [0.1, 0.15) is 0 Å². The van der Waals surface area contributed by atoms with Crippen LogP contribution in [0.2, 0.25) is 0 Å². The largest absolute Gasteiger partial charge is 0.480 e. The van der Waals surface area contributed by atoms with E-state index in [1.807, 2.05) is 12.1 Å². The summed E-state index contributed by atoms with van der Waals surface area (Å²) in [5, 5.41) is 11.6. The molecule has 112 valence electrons. The predicted molar refractivity (Wildman–Crippen MR) is 106 cm³/mol. The van der Waals surface area contributed by atoms with Gasteiger partial charge in [-0.05, 0) is 79.9 Å². The van der Waals surface area contributed by atoms with Crippen molar-refractivity contribution in [3.8, 4) is 12.3 Å². The molecule has 1 aromatic rings. The molecule has 0 aromatic heterocycles. The maximum atomic E-state index is 12.0. The van der Waals surface area contributed by atoms with Crippen molar-refractivity contribution in [3.63, 3.8) is 0 Å². The highest BCUT2D eigenvalue weighted by Gasteiger charge is 2.15. The van der Waals surface area contributed by atoms with Gasteiger partial charge in [-0.2, -0.15) is 0 Å². The number of carbonyl (C=O) groups is 2. The summed E-state index contributed by atoms with van der Waals surface area (Å²) < 4.78 is 2.94. The molecule has 1 rings (SSSR count). The van der Waals surface area contributed by atoms with Gasteiger partial charge in [0.25, 0.3) is 0 Å². The topological polar surface area (TPSA) is 69.6 Å². The number of rotatable bonds is 6. The maximum Gasteiger partial charge on any atom is 0.317 e. The van der Waals surface area contributed by atoms with Crippen LogP contribution in [-0.2, 0) is 9.59 Å². The Kier molecular flexibility index (Phi) is 8.21. The highest BCUT2D eigenvalue weighted by molar-refractivity contribution is 14.1. The van der Waals surface area contributed by atoms with Crippen molar-refractivity contribution in [1.29, 1.82) is 0 Å². The van der Waals surface area contributed by atoms with Crippen LogP contribution in [0.25, 0.3) is 0 Å². The Balaban J connectivity index is 2.77. The van der Waals surface area contributed by atoms with Crippen molar-refractivity contribution in [2.24, 2.45) is 0 Å². The first kappa shape index (κ1) is 18.9. The zero-order valence-corrected chi connectivity index (χ0v) is 17.2. The molecule has 2 N–H and O–H groups in total. The minimum absolute atomic E-state index is 0.0609. The summed E-state index contributed by atoms with van der Waals surface area (Å²) in [4.78, 5) is 24.2. The molecule has 0 bridgehead atoms. The van der Waals surface area contributed by atoms with E-state index in [0.717, 1.165) is 16.4 Å². The third-order valence-corrected chi connectivity index (χ3v) is 4.64. The van der Waals surface area contributed by atoms with E-state index in [2.05, 4.69) is 79.0 Å². The summed E-state index contributed by atoms with van der Waals surface area (Å²) in [6.07, 6.45) is 5.18. The van der Waals surface area contributed by atoms with Crippen LogP contribution in [0, 0.1) is 23.1 Å². The quantitative estimate of drug-likeness (QED) is 0.378. The SMILES string of the molecule is C#CCN(CC(=O)O)CC(=O)Nc1c(I)cc(I)cc1I. The first-order valence-electron chi connectivity index (χ1n) is 5.65. The maximum absolute atomic E-state index is 12.0. The van der Waals surface area contributed by atoms with Crippen molar-refractivity contribution in [1.82, 2.24) is 4.90 Å². The Hall–Kier alpha value is -0.130. The highest BCUT2D eigenvalue weighted by Crippen LogP contribution is 2.27. The van der Waals surface area contributed by atoms with E-state index in [9.17, 15) is 9.59 Å². The normalized spacial score (nSPS) is 10.2. The van der Waals surface area contributed by atoms with E-state index in [0.29, 0.717) is 0 Å². The molecule has 21 heavy (non-hydrogen) atoms. The van der Waals surface area contributed by atoms with Crippen LogP contribution in [-0.4, -0.2) is 41.5 Å². The van der Waals surface area contributed by atoms with Crippen LogP contribution < -0.4 is 5.32 Å². The second kappa shape index (κ2) is 9.11. The van der Waals surface area contributed by atoms with Gasteiger partial charge in [0, 0.05) is 10.7 Å². The number of carboxylic acids is 1. The lowest BCUT2D eigenvalue weighted by Crippen LogP contribution is -2.37. The van der Waals surface area contributed by atoms with Gasteiger partial charge in [0.15, 0.2) is 0 Å². The lowest BCUT2D eigenvalue weighted by Gasteiger charge is -2.17. The van der Waals surface area contributed by atoms with Gasteiger partial charge in [0.05, 0.1) is 25.3 Å². The molecule has 0 fully saturated rings. The van der Waals surface area contributed by atoms with Crippen molar-refractivity contribution < 1.29 is 14.7 Å². The summed E-state index contributed by atoms with van der Waals surface area (Å²) >= 11 is 6.51. The second-order valence-electron chi connectivity index (χ2n) is 4.04. The van der Waals surface area contributed by atoms with Gasteiger partial charge in [-0.3, -0.25) is 14.5 Å². The summed E-state index contributed by atoms with van der Waals surface area (Å²) in [7, 11) is 0. The fourth-order valence-corrected chi connectivity index (χ4v) is 5.38.